The fourth-order valence-corrected chi connectivity index (χ4v) is 3.07. The van der Waals surface area contributed by atoms with Gasteiger partial charge in [0.05, 0.1) is 12.3 Å². The van der Waals surface area contributed by atoms with E-state index in [0.29, 0.717) is 17.2 Å². The predicted octanol–water partition coefficient (Wildman–Crippen LogP) is 5.23. The van der Waals surface area contributed by atoms with Gasteiger partial charge in [0.1, 0.15) is 23.2 Å². The van der Waals surface area contributed by atoms with E-state index in [2.05, 4.69) is 11.1 Å². The molecule has 1 heterocycles. The molecule has 0 aliphatic rings. The molecular weight excluding hydrogens is 346 g/mol. The highest BCUT2D eigenvalue weighted by Gasteiger charge is 2.18. The Labute approximate surface area is 157 Å². The number of hydrogen-bond acceptors (Lipinski definition) is 4. The van der Waals surface area contributed by atoms with Crippen LogP contribution in [0.25, 0.3) is 22.4 Å². The van der Waals surface area contributed by atoms with Crippen LogP contribution >= 0.6 is 11.6 Å². The van der Waals surface area contributed by atoms with Crippen LogP contribution in [0.1, 0.15) is 18.1 Å². The number of nitrogens with zero attached hydrogens (tertiary/aromatic N) is 2. The Morgan fingerprint density at radius 1 is 1.08 bits per heavy atom. The highest BCUT2D eigenvalue weighted by atomic mass is 35.5. The second-order valence-corrected chi connectivity index (χ2v) is 6.23. The summed E-state index contributed by atoms with van der Waals surface area (Å²) in [7, 11) is 0. The third-order valence-corrected chi connectivity index (χ3v) is 4.40. The first-order valence-electron chi connectivity index (χ1n) is 8.24. The summed E-state index contributed by atoms with van der Waals surface area (Å²) in [6.45, 7) is 4.49. The number of nitrogens with two attached hydrogens (primary N) is 1. The van der Waals surface area contributed by atoms with Crippen molar-refractivity contribution >= 4 is 17.4 Å². The number of nitriles is 1. The lowest BCUT2D eigenvalue weighted by Gasteiger charge is -2.15. The van der Waals surface area contributed by atoms with Gasteiger partial charge in [0, 0.05) is 16.1 Å². The van der Waals surface area contributed by atoms with Crippen molar-refractivity contribution in [3.05, 3.63) is 64.7 Å². The summed E-state index contributed by atoms with van der Waals surface area (Å²) >= 11 is 5.99. The van der Waals surface area contributed by atoms with Gasteiger partial charge in [0.15, 0.2) is 0 Å². The predicted molar refractivity (Wildman–Crippen MR) is 105 cm³/mol. The molecule has 0 saturated carbocycles. The smallest absolute Gasteiger partial charge is 0.142 e. The third-order valence-electron chi connectivity index (χ3n) is 4.15. The Kier molecular flexibility index (Phi) is 5.11. The molecule has 0 radical (unpaired) electrons. The number of aromatic nitrogens is 1. The Morgan fingerprint density at radius 2 is 1.69 bits per heavy atom. The van der Waals surface area contributed by atoms with Crippen LogP contribution in [0.4, 0.5) is 5.82 Å². The molecule has 0 aliphatic carbocycles. The molecule has 0 aliphatic heterocycles. The Balaban J connectivity index is 2.20. The second-order valence-electron chi connectivity index (χ2n) is 5.80. The zero-order valence-electron chi connectivity index (χ0n) is 14.6. The van der Waals surface area contributed by atoms with Crippen molar-refractivity contribution in [1.29, 1.82) is 5.26 Å². The van der Waals surface area contributed by atoms with Crippen molar-refractivity contribution in [3.63, 3.8) is 0 Å². The van der Waals surface area contributed by atoms with Crippen molar-refractivity contribution in [3.8, 4) is 34.2 Å². The van der Waals surface area contributed by atoms with Gasteiger partial charge in [0.25, 0.3) is 0 Å². The Bertz CT molecular complexity index is 974. The van der Waals surface area contributed by atoms with Gasteiger partial charge in [-0.2, -0.15) is 5.26 Å². The molecule has 1 aromatic heterocycles. The van der Waals surface area contributed by atoms with Crippen LogP contribution in [0.5, 0.6) is 5.75 Å². The Hall–Kier alpha value is -3.03. The summed E-state index contributed by atoms with van der Waals surface area (Å²) in [5, 5.41) is 10.3. The molecule has 0 saturated heterocycles. The van der Waals surface area contributed by atoms with Crippen LogP contribution in [0.2, 0.25) is 5.02 Å². The van der Waals surface area contributed by atoms with Gasteiger partial charge in [-0.05, 0) is 49.2 Å². The summed E-state index contributed by atoms with van der Waals surface area (Å²) in [4.78, 5) is 4.46. The zero-order valence-corrected chi connectivity index (χ0v) is 15.3. The van der Waals surface area contributed by atoms with E-state index in [4.69, 9.17) is 22.1 Å². The number of nitrogen functional groups attached to an aromatic ring is 1. The molecule has 130 valence electrons. The Morgan fingerprint density at radius 3 is 2.27 bits per heavy atom. The van der Waals surface area contributed by atoms with Crippen molar-refractivity contribution in [2.45, 2.75) is 13.8 Å². The molecule has 0 bridgehead atoms. The van der Waals surface area contributed by atoms with Crippen LogP contribution in [0, 0.1) is 18.3 Å². The summed E-state index contributed by atoms with van der Waals surface area (Å²) < 4.78 is 5.50. The van der Waals surface area contributed by atoms with Crippen LogP contribution in [0.15, 0.2) is 48.5 Å². The van der Waals surface area contributed by atoms with Crippen molar-refractivity contribution in [2.24, 2.45) is 0 Å². The van der Waals surface area contributed by atoms with E-state index in [1.54, 1.807) is 0 Å². The highest BCUT2D eigenvalue weighted by molar-refractivity contribution is 6.30. The quantitative estimate of drug-likeness (QED) is 0.688. The molecule has 5 heteroatoms. The van der Waals surface area contributed by atoms with Crippen molar-refractivity contribution in [1.82, 2.24) is 4.98 Å². The minimum absolute atomic E-state index is 0.215. The fourth-order valence-electron chi connectivity index (χ4n) is 2.94. The summed E-state index contributed by atoms with van der Waals surface area (Å²) in [5.41, 5.74) is 10.7. The van der Waals surface area contributed by atoms with Gasteiger partial charge in [-0.15, -0.1) is 0 Å². The molecule has 26 heavy (non-hydrogen) atoms. The van der Waals surface area contributed by atoms with Crippen LogP contribution in [0.3, 0.4) is 0 Å². The molecule has 3 aromatic rings. The third kappa shape index (κ3) is 3.35. The summed E-state index contributed by atoms with van der Waals surface area (Å²) in [6.07, 6.45) is 0. The lowest BCUT2D eigenvalue weighted by molar-refractivity contribution is 0.340. The van der Waals surface area contributed by atoms with Gasteiger partial charge in [-0.25, -0.2) is 4.98 Å². The highest BCUT2D eigenvalue weighted by Crippen LogP contribution is 2.36. The van der Waals surface area contributed by atoms with Crippen LogP contribution < -0.4 is 10.5 Å². The van der Waals surface area contributed by atoms with Crippen molar-refractivity contribution < 1.29 is 4.74 Å². The van der Waals surface area contributed by atoms with Gasteiger partial charge in [-0.1, -0.05) is 35.9 Å². The first-order valence-corrected chi connectivity index (χ1v) is 8.62. The average molecular weight is 364 g/mol. The standard InChI is InChI=1S/C21H18ClN3O/c1-3-26-17-10-6-14(7-11-17)19-13(2)20(25-21(24)18(19)12-23)15-4-8-16(22)9-5-15/h4-11H,3H2,1-2H3,(H2,24,25). The maximum atomic E-state index is 9.61. The molecule has 3 rings (SSSR count). The number of ether oxygens (including phenoxy) is 1. The van der Waals surface area contributed by atoms with E-state index in [1.165, 1.54) is 0 Å². The summed E-state index contributed by atoms with van der Waals surface area (Å²) in [6, 6.07) is 17.2. The number of anilines is 1. The molecule has 4 nitrogen and oxygen atoms in total. The van der Waals surface area contributed by atoms with Crippen LogP contribution in [-0.4, -0.2) is 11.6 Å². The van der Waals surface area contributed by atoms with E-state index in [0.717, 1.165) is 33.7 Å². The topological polar surface area (TPSA) is 71.9 Å². The number of halogens is 1. The molecule has 0 spiro atoms. The molecule has 2 N–H and O–H groups in total. The average Bonchev–Trinajstić information content (AvgIpc) is 2.65. The SMILES string of the molecule is CCOc1ccc(-c2c(C)c(-c3ccc(Cl)cc3)nc(N)c2C#N)cc1. The summed E-state index contributed by atoms with van der Waals surface area (Å²) in [5.74, 6) is 0.999. The number of pyridine rings is 1. The lowest BCUT2D eigenvalue weighted by atomic mass is 9.93. The number of benzene rings is 2. The molecule has 2 aromatic carbocycles. The largest absolute Gasteiger partial charge is 0.494 e. The first-order chi connectivity index (χ1) is 12.5. The van der Waals surface area contributed by atoms with E-state index in [9.17, 15) is 5.26 Å². The first kappa shape index (κ1) is 17.8. The van der Waals surface area contributed by atoms with E-state index < -0.39 is 0 Å². The molecule has 0 unspecified atom stereocenters. The monoisotopic (exact) mass is 363 g/mol. The van der Waals surface area contributed by atoms with Crippen molar-refractivity contribution in [2.75, 3.05) is 12.3 Å². The maximum Gasteiger partial charge on any atom is 0.142 e. The number of rotatable bonds is 4. The number of hydrogen-bond donors (Lipinski definition) is 1. The van der Waals surface area contributed by atoms with E-state index in [1.807, 2.05) is 62.4 Å². The lowest BCUT2D eigenvalue weighted by Crippen LogP contribution is -2.03. The normalized spacial score (nSPS) is 10.4. The zero-order chi connectivity index (χ0) is 18.7. The molecule has 0 fully saturated rings. The van der Waals surface area contributed by atoms with Gasteiger partial charge < -0.3 is 10.5 Å². The van der Waals surface area contributed by atoms with Crippen LogP contribution in [-0.2, 0) is 0 Å². The minimum Gasteiger partial charge on any atom is -0.494 e. The van der Waals surface area contributed by atoms with Gasteiger partial charge in [0.2, 0.25) is 0 Å². The molecule has 0 amide bonds. The van der Waals surface area contributed by atoms with Gasteiger partial charge >= 0.3 is 0 Å². The van der Waals surface area contributed by atoms with Gasteiger partial charge in [-0.3, -0.25) is 0 Å². The minimum atomic E-state index is 0.215. The van der Waals surface area contributed by atoms with E-state index in [-0.39, 0.29) is 5.82 Å². The fraction of sp³-hybridized carbons (Fsp3) is 0.143. The molecule has 0 atom stereocenters. The van der Waals surface area contributed by atoms with E-state index >= 15 is 0 Å². The maximum absolute atomic E-state index is 9.61. The second kappa shape index (κ2) is 7.47. The molecular formula is C21H18ClN3O.